The van der Waals surface area contributed by atoms with Gasteiger partial charge >= 0.3 is 0 Å². The molecule has 2 heteroatoms. The zero-order valence-electron chi connectivity index (χ0n) is 10.2. The molecule has 1 saturated carbocycles. The van der Waals surface area contributed by atoms with Crippen LogP contribution in [-0.2, 0) is 4.74 Å². The van der Waals surface area contributed by atoms with Crippen molar-refractivity contribution in [3.8, 4) is 0 Å². The maximum Gasteiger partial charge on any atom is 0.0787 e. The lowest BCUT2D eigenvalue weighted by Gasteiger charge is -2.26. The molecule has 1 fully saturated rings. The number of halogens is 1. The average Bonchev–Trinajstić information content (AvgIpc) is 2.38. The molecule has 0 unspecified atom stereocenters. The molecular weight excluding hydrogens is 232 g/mol. The van der Waals surface area contributed by atoms with Gasteiger partial charge in [-0.3, -0.25) is 0 Å². The Kier molecular flexibility index (Phi) is 4.49. The summed E-state index contributed by atoms with van der Waals surface area (Å²) < 4.78 is 4.97. The lowest BCUT2D eigenvalue weighted by molar-refractivity contribution is 0.322. The highest BCUT2D eigenvalue weighted by atomic mass is 35.5. The van der Waals surface area contributed by atoms with Crippen molar-refractivity contribution >= 4 is 11.6 Å². The van der Waals surface area contributed by atoms with Crippen molar-refractivity contribution in [3.63, 3.8) is 0 Å². The minimum atomic E-state index is 0.693. The Hall–Kier alpha value is -0.950. The molecule has 0 aromatic heterocycles. The van der Waals surface area contributed by atoms with E-state index in [-0.39, 0.29) is 0 Å². The maximum atomic E-state index is 5.91. The smallest absolute Gasteiger partial charge is 0.0787 e. The Morgan fingerprint density at radius 3 is 2.35 bits per heavy atom. The predicted octanol–water partition coefficient (Wildman–Crippen LogP) is 4.77. The lowest BCUT2D eigenvalue weighted by atomic mass is 9.79. The summed E-state index contributed by atoms with van der Waals surface area (Å²) in [7, 11) is 1.70. The molecule has 1 nitrogen and oxygen atoms in total. The molecule has 1 aromatic carbocycles. The molecule has 1 aliphatic carbocycles. The highest BCUT2D eigenvalue weighted by Gasteiger charge is 2.20. The minimum Gasteiger partial charge on any atom is -0.505 e. The van der Waals surface area contributed by atoms with Gasteiger partial charge < -0.3 is 4.74 Å². The topological polar surface area (TPSA) is 9.23 Å². The van der Waals surface area contributed by atoms with Gasteiger partial charge in [-0.25, -0.2) is 0 Å². The van der Waals surface area contributed by atoms with E-state index in [0.717, 1.165) is 5.02 Å². The first-order chi connectivity index (χ1) is 8.29. The first kappa shape index (κ1) is 12.5. The van der Waals surface area contributed by atoms with Crippen molar-refractivity contribution in [1.82, 2.24) is 0 Å². The summed E-state index contributed by atoms with van der Waals surface area (Å²) in [6.45, 7) is 0. The molecule has 0 amide bonds. The molecule has 2 rings (SSSR count). The molecule has 0 spiro atoms. The Morgan fingerprint density at radius 1 is 1.12 bits per heavy atom. The third-order valence-corrected chi connectivity index (χ3v) is 3.85. The Bertz CT molecular complexity index is 361. The molecule has 0 radical (unpaired) electrons. The largest absolute Gasteiger partial charge is 0.505 e. The van der Waals surface area contributed by atoms with Gasteiger partial charge in [0.05, 0.1) is 13.4 Å². The molecule has 17 heavy (non-hydrogen) atoms. The van der Waals surface area contributed by atoms with E-state index in [9.17, 15) is 0 Å². The van der Waals surface area contributed by atoms with Gasteiger partial charge in [0.25, 0.3) is 0 Å². The molecule has 92 valence electrons. The SMILES string of the molecule is COC=CC1CCC(c2ccc(Cl)cc2)CC1. The summed E-state index contributed by atoms with van der Waals surface area (Å²) in [6.07, 6.45) is 9.05. The zero-order valence-corrected chi connectivity index (χ0v) is 11.0. The Morgan fingerprint density at radius 2 is 1.76 bits per heavy atom. The van der Waals surface area contributed by atoms with Gasteiger partial charge in [0, 0.05) is 5.02 Å². The molecule has 0 saturated heterocycles. The van der Waals surface area contributed by atoms with E-state index < -0.39 is 0 Å². The van der Waals surface area contributed by atoms with Gasteiger partial charge in [-0.2, -0.15) is 0 Å². The standard InChI is InChI=1S/C15H19ClO/c1-17-11-10-12-2-4-13(5-3-12)14-6-8-15(16)9-7-14/h6-13H,2-5H2,1H3. The van der Waals surface area contributed by atoms with Crippen LogP contribution < -0.4 is 0 Å². The summed E-state index contributed by atoms with van der Waals surface area (Å²) in [5.74, 6) is 1.40. The van der Waals surface area contributed by atoms with Crippen molar-refractivity contribution < 1.29 is 4.74 Å². The van der Waals surface area contributed by atoms with Crippen molar-refractivity contribution in [2.75, 3.05) is 7.11 Å². The fourth-order valence-corrected chi connectivity index (χ4v) is 2.70. The zero-order chi connectivity index (χ0) is 12.1. The number of rotatable bonds is 3. The quantitative estimate of drug-likeness (QED) is 0.702. The Labute approximate surface area is 108 Å². The highest BCUT2D eigenvalue weighted by molar-refractivity contribution is 6.30. The Balaban J connectivity index is 1.90. The van der Waals surface area contributed by atoms with Crippen LogP contribution >= 0.6 is 11.6 Å². The predicted molar refractivity (Wildman–Crippen MR) is 72.3 cm³/mol. The summed E-state index contributed by atoms with van der Waals surface area (Å²) in [4.78, 5) is 0. The van der Waals surface area contributed by atoms with E-state index in [2.05, 4.69) is 18.2 Å². The van der Waals surface area contributed by atoms with Gasteiger partial charge in [0.2, 0.25) is 0 Å². The average molecular weight is 251 g/mol. The molecule has 1 aliphatic rings. The van der Waals surface area contributed by atoms with Crippen LogP contribution in [-0.4, -0.2) is 7.11 Å². The maximum absolute atomic E-state index is 5.91. The number of allylic oxidation sites excluding steroid dienone is 1. The number of ether oxygens (including phenoxy) is 1. The van der Waals surface area contributed by atoms with E-state index in [1.165, 1.54) is 31.2 Å². The molecule has 0 bridgehead atoms. The van der Waals surface area contributed by atoms with Crippen LogP contribution in [0, 0.1) is 5.92 Å². The van der Waals surface area contributed by atoms with Crippen LogP contribution in [0.2, 0.25) is 5.02 Å². The number of hydrogen-bond acceptors (Lipinski definition) is 1. The summed E-state index contributed by atoms with van der Waals surface area (Å²) in [6, 6.07) is 8.32. The third kappa shape index (κ3) is 3.50. The second-order valence-corrected chi connectivity index (χ2v) is 5.16. The van der Waals surface area contributed by atoms with Crippen molar-refractivity contribution in [2.45, 2.75) is 31.6 Å². The van der Waals surface area contributed by atoms with Crippen LogP contribution in [0.25, 0.3) is 0 Å². The third-order valence-electron chi connectivity index (χ3n) is 3.60. The van der Waals surface area contributed by atoms with E-state index >= 15 is 0 Å². The van der Waals surface area contributed by atoms with Gasteiger partial charge in [0.15, 0.2) is 0 Å². The molecule has 0 aliphatic heterocycles. The molecular formula is C15H19ClO. The molecule has 0 atom stereocenters. The van der Waals surface area contributed by atoms with Crippen LogP contribution in [0.15, 0.2) is 36.6 Å². The van der Waals surface area contributed by atoms with Crippen molar-refractivity contribution in [2.24, 2.45) is 5.92 Å². The van der Waals surface area contributed by atoms with E-state index in [1.54, 1.807) is 7.11 Å². The van der Waals surface area contributed by atoms with E-state index in [0.29, 0.717) is 11.8 Å². The second-order valence-electron chi connectivity index (χ2n) is 4.73. The van der Waals surface area contributed by atoms with Gasteiger partial charge in [0.1, 0.15) is 0 Å². The lowest BCUT2D eigenvalue weighted by Crippen LogP contribution is -2.11. The van der Waals surface area contributed by atoms with Gasteiger partial charge in [-0.1, -0.05) is 23.7 Å². The van der Waals surface area contributed by atoms with Crippen LogP contribution in [0.3, 0.4) is 0 Å². The molecule has 0 N–H and O–H groups in total. The van der Waals surface area contributed by atoms with Gasteiger partial charge in [-0.15, -0.1) is 0 Å². The highest BCUT2D eigenvalue weighted by Crippen LogP contribution is 2.36. The number of benzene rings is 1. The summed E-state index contributed by atoms with van der Waals surface area (Å²) in [5.41, 5.74) is 1.43. The summed E-state index contributed by atoms with van der Waals surface area (Å²) in [5, 5.41) is 0.825. The fraction of sp³-hybridized carbons (Fsp3) is 0.467. The van der Waals surface area contributed by atoms with Crippen LogP contribution in [0.5, 0.6) is 0 Å². The van der Waals surface area contributed by atoms with Crippen LogP contribution in [0.4, 0.5) is 0 Å². The van der Waals surface area contributed by atoms with Crippen molar-refractivity contribution in [3.05, 3.63) is 47.2 Å². The normalized spacial score (nSPS) is 25.1. The second kappa shape index (κ2) is 6.11. The summed E-state index contributed by atoms with van der Waals surface area (Å²) >= 11 is 5.91. The molecule has 0 heterocycles. The first-order valence-corrected chi connectivity index (χ1v) is 6.62. The fourth-order valence-electron chi connectivity index (χ4n) is 2.57. The number of methoxy groups -OCH3 is 1. The van der Waals surface area contributed by atoms with E-state index in [4.69, 9.17) is 16.3 Å². The van der Waals surface area contributed by atoms with Crippen molar-refractivity contribution in [1.29, 1.82) is 0 Å². The van der Waals surface area contributed by atoms with E-state index in [1.807, 2.05) is 18.4 Å². The molecule has 1 aromatic rings. The van der Waals surface area contributed by atoms with Gasteiger partial charge in [-0.05, 0) is 61.3 Å². The minimum absolute atomic E-state index is 0.693. The van der Waals surface area contributed by atoms with Crippen LogP contribution in [0.1, 0.15) is 37.2 Å². The monoisotopic (exact) mass is 250 g/mol. The first-order valence-electron chi connectivity index (χ1n) is 6.24. The number of hydrogen-bond donors (Lipinski definition) is 0.